The van der Waals surface area contributed by atoms with E-state index >= 15 is 0 Å². The van der Waals surface area contributed by atoms with Gasteiger partial charge < -0.3 is 9.88 Å². The van der Waals surface area contributed by atoms with Gasteiger partial charge in [-0.15, -0.1) is 0 Å². The molecule has 5 nitrogen and oxygen atoms in total. The molecular formula is C18H27N3O2S. The van der Waals surface area contributed by atoms with Crippen LogP contribution in [0, 0.1) is 0 Å². The number of aromatic amines is 1. The van der Waals surface area contributed by atoms with Gasteiger partial charge in [-0.2, -0.15) is 11.8 Å². The van der Waals surface area contributed by atoms with Crippen molar-refractivity contribution >= 4 is 17.7 Å². The van der Waals surface area contributed by atoms with Gasteiger partial charge in [0.25, 0.3) is 11.5 Å². The number of carbonyl (C=O) groups is 1. The summed E-state index contributed by atoms with van der Waals surface area (Å²) in [7, 11) is 0. The van der Waals surface area contributed by atoms with Crippen molar-refractivity contribution in [2.24, 2.45) is 0 Å². The third kappa shape index (κ3) is 3.86. The van der Waals surface area contributed by atoms with Gasteiger partial charge in [0, 0.05) is 49.4 Å². The molecule has 0 radical (unpaired) electrons. The SMILES string of the molecule is CC(C)c1ccc(C(=O)N2CCC(N3CCSCC3)CC2)c(=O)[nH]1. The molecule has 0 aliphatic carbocycles. The summed E-state index contributed by atoms with van der Waals surface area (Å²) < 4.78 is 0. The third-order valence-electron chi connectivity index (χ3n) is 5.10. The largest absolute Gasteiger partial charge is 0.338 e. The second-order valence-corrected chi connectivity index (χ2v) is 8.21. The number of thioether (sulfide) groups is 1. The Morgan fingerprint density at radius 2 is 1.83 bits per heavy atom. The Bertz CT molecular complexity index is 629. The van der Waals surface area contributed by atoms with Crippen molar-refractivity contribution in [3.8, 4) is 0 Å². The molecule has 1 aromatic rings. The van der Waals surface area contributed by atoms with Gasteiger partial charge in [-0.1, -0.05) is 13.8 Å². The van der Waals surface area contributed by atoms with E-state index in [0.717, 1.165) is 31.6 Å². The number of likely N-dealkylation sites (tertiary alicyclic amines) is 1. The number of rotatable bonds is 3. The molecule has 2 saturated heterocycles. The fourth-order valence-corrected chi connectivity index (χ4v) is 4.47. The van der Waals surface area contributed by atoms with E-state index < -0.39 is 0 Å². The number of hydrogen-bond acceptors (Lipinski definition) is 4. The molecular weight excluding hydrogens is 322 g/mol. The fraction of sp³-hybridized carbons (Fsp3) is 0.667. The maximum Gasteiger partial charge on any atom is 0.261 e. The van der Waals surface area contributed by atoms with E-state index in [1.54, 1.807) is 6.07 Å². The lowest BCUT2D eigenvalue weighted by atomic mass is 10.0. The van der Waals surface area contributed by atoms with Gasteiger partial charge in [0.15, 0.2) is 0 Å². The van der Waals surface area contributed by atoms with Crippen LogP contribution in [0.1, 0.15) is 48.7 Å². The number of aromatic nitrogens is 1. The number of piperidine rings is 1. The van der Waals surface area contributed by atoms with E-state index in [9.17, 15) is 9.59 Å². The molecule has 0 saturated carbocycles. The van der Waals surface area contributed by atoms with Crippen LogP contribution in [0.2, 0.25) is 0 Å². The standard InChI is InChI=1S/C18H27N3O2S/c1-13(2)16-4-3-15(17(22)19-16)18(23)21-7-5-14(6-8-21)20-9-11-24-12-10-20/h3-4,13-14H,5-12H2,1-2H3,(H,19,22). The zero-order valence-electron chi connectivity index (χ0n) is 14.6. The Balaban J connectivity index is 1.62. The first kappa shape index (κ1) is 17.5. The molecule has 1 amide bonds. The minimum Gasteiger partial charge on any atom is -0.338 e. The van der Waals surface area contributed by atoms with Gasteiger partial charge in [-0.05, 0) is 30.9 Å². The summed E-state index contributed by atoms with van der Waals surface area (Å²) in [5, 5.41) is 0. The quantitative estimate of drug-likeness (QED) is 0.908. The Labute approximate surface area is 147 Å². The first-order valence-electron chi connectivity index (χ1n) is 8.90. The second-order valence-electron chi connectivity index (χ2n) is 6.98. The highest BCUT2D eigenvalue weighted by Crippen LogP contribution is 2.21. The molecule has 1 aromatic heterocycles. The average Bonchev–Trinajstić information content (AvgIpc) is 2.62. The Kier molecular flexibility index (Phi) is 5.66. The second kappa shape index (κ2) is 7.74. The first-order valence-corrected chi connectivity index (χ1v) is 10.1. The normalized spacial score (nSPS) is 20.5. The lowest BCUT2D eigenvalue weighted by molar-refractivity contribution is 0.0629. The maximum atomic E-state index is 12.7. The summed E-state index contributed by atoms with van der Waals surface area (Å²) in [6.45, 7) is 7.88. The molecule has 2 aliphatic rings. The number of amides is 1. The number of H-pyrrole nitrogens is 1. The van der Waals surface area contributed by atoms with Crippen LogP contribution in [-0.2, 0) is 0 Å². The minimum absolute atomic E-state index is 0.126. The van der Waals surface area contributed by atoms with Crippen molar-refractivity contribution in [3.63, 3.8) is 0 Å². The van der Waals surface area contributed by atoms with Gasteiger partial charge in [0.05, 0.1) is 0 Å². The summed E-state index contributed by atoms with van der Waals surface area (Å²) in [6.07, 6.45) is 2.02. The zero-order valence-corrected chi connectivity index (χ0v) is 15.4. The van der Waals surface area contributed by atoms with Crippen LogP contribution in [0.15, 0.2) is 16.9 Å². The van der Waals surface area contributed by atoms with Crippen LogP contribution in [0.3, 0.4) is 0 Å². The molecule has 1 N–H and O–H groups in total. The molecule has 0 unspecified atom stereocenters. The zero-order chi connectivity index (χ0) is 17.1. The maximum absolute atomic E-state index is 12.7. The molecule has 6 heteroatoms. The number of pyridine rings is 1. The minimum atomic E-state index is -0.263. The monoisotopic (exact) mass is 349 g/mol. The lowest BCUT2D eigenvalue weighted by Gasteiger charge is -2.40. The summed E-state index contributed by atoms with van der Waals surface area (Å²) >= 11 is 2.03. The van der Waals surface area contributed by atoms with Crippen LogP contribution < -0.4 is 5.56 Å². The fourth-order valence-electron chi connectivity index (χ4n) is 3.54. The molecule has 24 heavy (non-hydrogen) atoms. The van der Waals surface area contributed by atoms with Crippen LogP contribution in [0.25, 0.3) is 0 Å². The predicted molar refractivity (Wildman–Crippen MR) is 99.0 cm³/mol. The summed E-state index contributed by atoms with van der Waals surface area (Å²) in [5.74, 6) is 2.56. The highest BCUT2D eigenvalue weighted by molar-refractivity contribution is 7.99. The molecule has 0 spiro atoms. The first-order chi connectivity index (χ1) is 11.6. The van der Waals surface area contributed by atoms with E-state index in [1.165, 1.54) is 24.6 Å². The van der Waals surface area contributed by atoms with Crippen LogP contribution >= 0.6 is 11.8 Å². The summed E-state index contributed by atoms with van der Waals surface area (Å²) in [6, 6.07) is 4.14. The number of nitrogens with zero attached hydrogens (tertiary/aromatic N) is 2. The summed E-state index contributed by atoms with van der Waals surface area (Å²) in [5.41, 5.74) is 0.881. The molecule has 0 atom stereocenters. The van der Waals surface area contributed by atoms with E-state index in [-0.39, 0.29) is 22.9 Å². The van der Waals surface area contributed by atoms with E-state index in [4.69, 9.17) is 0 Å². The molecule has 132 valence electrons. The van der Waals surface area contributed by atoms with Crippen LogP contribution in [-0.4, -0.2) is 64.4 Å². The van der Waals surface area contributed by atoms with Crippen LogP contribution in [0.4, 0.5) is 0 Å². The van der Waals surface area contributed by atoms with Gasteiger partial charge >= 0.3 is 0 Å². The van der Waals surface area contributed by atoms with Gasteiger partial charge in [0.1, 0.15) is 5.56 Å². The van der Waals surface area contributed by atoms with Crippen molar-refractivity contribution in [2.45, 2.75) is 38.6 Å². The van der Waals surface area contributed by atoms with Gasteiger partial charge in [-0.25, -0.2) is 0 Å². The topological polar surface area (TPSA) is 56.4 Å². The van der Waals surface area contributed by atoms with Crippen molar-refractivity contribution in [2.75, 3.05) is 37.7 Å². The van der Waals surface area contributed by atoms with E-state index in [0.29, 0.717) is 6.04 Å². The molecule has 2 aliphatic heterocycles. The van der Waals surface area contributed by atoms with Gasteiger partial charge in [-0.3, -0.25) is 14.5 Å². The Morgan fingerprint density at radius 1 is 1.17 bits per heavy atom. The molecule has 0 aromatic carbocycles. The Morgan fingerprint density at radius 3 is 2.42 bits per heavy atom. The van der Waals surface area contributed by atoms with Crippen molar-refractivity contribution in [1.82, 2.24) is 14.8 Å². The van der Waals surface area contributed by atoms with Crippen LogP contribution in [0.5, 0.6) is 0 Å². The Hall–Kier alpha value is -1.27. The van der Waals surface area contributed by atoms with Crippen molar-refractivity contribution < 1.29 is 4.79 Å². The summed E-state index contributed by atoms with van der Waals surface area (Å²) in [4.78, 5) is 32.2. The number of hydrogen-bond donors (Lipinski definition) is 1. The van der Waals surface area contributed by atoms with Gasteiger partial charge in [0.2, 0.25) is 0 Å². The van der Waals surface area contributed by atoms with E-state index in [2.05, 4.69) is 9.88 Å². The molecule has 0 bridgehead atoms. The predicted octanol–water partition coefficient (Wildman–Crippen LogP) is 2.15. The lowest BCUT2D eigenvalue weighted by Crippen LogP contribution is -2.49. The molecule has 3 heterocycles. The number of nitrogens with one attached hydrogen (secondary N) is 1. The average molecular weight is 350 g/mol. The highest BCUT2D eigenvalue weighted by atomic mass is 32.2. The molecule has 2 fully saturated rings. The molecule has 3 rings (SSSR count). The van der Waals surface area contributed by atoms with Crippen molar-refractivity contribution in [1.29, 1.82) is 0 Å². The third-order valence-corrected chi connectivity index (χ3v) is 6.04. The smallest absolute Gasteiger partial charge is 0.261 e. The highest BCUT2D eigenvalue weighted by Gasteiger charge is 2.29. The van der Waals surface area contributed by atoms with E-state index in [1.807, 2.05) is 36.6 Å². The number of carbonyl (C=O) groups excluding carboxylic acids is 1. The van der Waals surface area contributed by atoms with Crippen molar-refractivity contribution in [3.05, 3.63) is 33.7 Å².